The van der Waals surface area contributed by atoms with E-state index in [0.717, 1.165) is 30.9 Å². The molecule has 1 atom stereocenters. The van der Waals surface area contributed by atoms with Crippen molar-refractivity contribution in [1.82, 2.24) is 9.80 Å². The topological polar surface area (TPSA) is 35.6 Å². The lowest BCUT2D eigenvalue weighted by Gasteiger charge is -2.43. The highest BCUT2D eigenvalue weighted by Gasteiger charge is 2.31. The average Bonchev–Trinajstić information content (AvgIpc) is 2.49. The molecule has 2 amide bonds. The largest absolute Gasteiger partial charge is 0.322 e. The van der Waals surface area contributed by atoms with Gasteiger partial charge in [0.1, 0.15) is 0 Å². The summed E-state index contributed by atoms with van der Waals surface area (Å²) in [4.78, 5) is 17.0. The summed E-state index contributed by atoms with van der Waals surface area (Å²) >= 11 is 0. The number of nitrogens with one attached hydrogen (secondary N) is 1. The molecule has 1 aromatic carbocycles. The maximum absolute atomic E-state index is 12.5. The minimum atomic E-state index is 0.0483. The lowest BCUT2D eigenvalue weighted by Crippen LogP contribution is -2.56. The molecule has 1 aromatic rings. The van der Waals surface area contributed by atoms with Gasteiger partial charge in [-0.15, -0.1) is 0 Å². The Morgan fingerprint density at radius 1 is 1.19 bits per heavy atom. The molecule has 3 rings (SSSR count). The molecule has 21 heavy (non-hydrogen) atoms. The predicted octanol–water partition coefficient (Wildman–Crippen LogP) is 3.01. The van der Waals surface area contributed by atoms with Crippen LogP contribution in [0.2, 0.25) is 0 Å². The lowest BCUT2D eigenvalue weighted by molar-refractivity contribution is 0.0678. The zero-order valence-corrected chi connectivity index (χ0v) is 13.1. The fourth-order valence-electron chi connectivity index (χ4n) is 3.49. The molecule has 2 heterocycles. The van der Waals surface area contributed by atoms with Crippen LogP contribution < -0.4 is 5.32 Å². The Hall–Kier alpha value is -1.55. The molecular formula is C17H25N3O. The van der Waals surface area contributed by atoms with Crippen molar-refractivity contribution in [2.75, 3.05) is 31.5 Å². The smallest absolute Gasteiger partial charge is 0.321 e. The third-order valence-corrected chi connectivity index (χ3v) is 4.75. The van der Waals surface area contributed by atoms with Gasteiger partial charge >= 0.3 is 6.03 Å². The molecule has 0 saturated carbocycles. The van der Waals surface area contributed by atoms with E-state index < -0.39 is 0 Å². The number of urea groups is 1. The first-order valence-corrected chi connectivity index (χ1v) is 8.01. The summed E-state index contributed by atoms with van der Waals surface area (Å²) in [6, 6.07) is 6.76. The number of nitrogens with zero attached hydrogens (tertiary/aromatic N) is 2. The van der Waals surface area contributed by atoms with Crippen LogP contribution in [-0.4, -0.2) is 48.1 Å². The number of carbonyl (C=O) groups is 1. The Kier molecular flexibility index (Phi) is 4.15. The number of amides is 2. The normalized spacial score (nSPS) is 22.8. The molecule has 1 N–H and O–H groups in total. The van der Waals surface area contributed by atoms with Gasteiger partial charge in [-0.1, -0.05) is 24.1 Å². The van der Waals surface area contributed by atoms with Gasteiger partial charge in [0.05, 0.1) is 0 Å². The summed E-state index contributed by atoms with van der Waals surface area (Å²) in [6.45, 7) is 8.05. The van der Waals surface area contributed by atoms with Gasteiger partial charge in [0.2, 0.25) is 0 Å². The van der Waals surface area contributed by atoms with E-state index in [0.29, 0.717) is 6.04 Å². The lowest BCUT2D eigenvalue weighted by atomic mass is 10.00. The molecule has 0 unspecified atom stereocenters. The van der Waals surface area contributed by atoms with Crippen LogP contribution in [0.5, 0.6) is 0 Å². The van der Waals surface area contributed by atoms with Crippen molar-refractivity contribution in [3.05, 3.63) is 29.3 Å². The zero-order valence-electron chi connectivity index (χ0n) is 13.1. The van der Waals surface area contributed by atoms with E-state index in [1.807, 2.05) is 24.0 Å². The highest BCUT2D eigenvalue weighted by atomic mass is 16.2. The summed E-state index contributed by atoms with van der Waals surface area (Å²) in [5.74, 6) is 0. The fraction of sp³-hybridized carbons (Fsp3) is 0.588. The molecule has 4 heteroatoms. The Morgan fingerprint density at radius 3 is 2.86 bits per heavy atom. The summed E-state index contributed by atoms with van der Waals surface area (Å²) in [5, 5.41) is 3.07. The van der Waals surface area contributed by atoms with E-state index in [2.05, 4.69) is 23.2 Å². The number of benzene rings is 1. The first kappa shape index (κ1) is 14.4. The molecule has 2 aliphatic heterocycles. The predicted molar refractivity (Wildman–Crippen MR) is 85.7 cm³/mol. The number of aryl methyl sites for hydroxylation is 2. The molecule has 2 aliphatic rings. The highest BCUT2D eigenvalue weighted by molar-refractivity contribution is 5.90. The van der Waals surface area contributed by atoms with Gasteiger partial charge in [0, 0.05) is 31.4 Å². The third-order valence-electron chi connectivity index (χ3n) is 4.75. The number of rotatable bonds is 1. The van der Waals surface area contributed by atoms with E-state index >= 15 is 0 Å². The molecule has 0 bridgehead atoms. The van der Waals surface area contributed by atoms with Gasteiger partial charge in [0.15, 0.2) is 0 Å². The van der Waals surface area contributed by atoms with Gasteiger partial charge in [-0.05, 0) is 44.9 Å². The Labute approximate surface area is 127 Å². The minimum Gasteiger partial charge on any atom is -0.322 e. The maximum Gasteiger partial charge on any atom is 0.321 e. The molecule has 114 valence electrons. The van der Waals surface area contributed by atoms with Crippen molar-refractivity contribution in [2.45, 2.75) is 39.2 Å². The van der Waals surface area contributed by atoms with Crippen LogP contribution in [0, 0.1) is 13.8 Å². The Bertz CT molecular complexity index is 529. The Balaban J connectivity index is 1.63. The standard InChI is InChI=1S/C17H25N3O/c1-13-6-7-16(14(2)11-13)18-17(21)20-10-9-19-8-4-3-5-15(19)12-20/h6-7,11,15H,3-5,8-10,12H2,1-2H3,(H,18,21)/t15-/m1/s1. The first-order chi connectivity index (χ1) is 10.1. The second-order valence-electron chi connectivity index (χ2n) is 6.38. The van der Waals surface area contributed by atoms with Crippen LogP contribution in [-0.2, 0) is 0 Å². The van der Waals surface area contributed by atoms with E-state index in [1.165, 1.54) is 31.4 Å². The van der Waals surface area contributed by atoms with Crippen molar-refractivity contribution in [3.63, 3.8) is 0 Å². The Morgan fingerprint density at radius 2 is 2.05 bits per heavy atom. The van der Waals surface area contributed by atoms with E-state index in [-0.39, 0.29) is 6.03 Å². The quantitative estimate of drug-likeness (QED) is 0.862. The first-order valence-electron chi connectivity index (χ1n) is 8.01. The minimum absolute atomic E-state index is 0.0483. The average molecular weight is 287 g/mol. The summed E-state index contributed by atoms with van der Waals surface area (Å²) in [5.41, 5.74) is 3.28. The van der Waals surface area contributed by atoms with Crippen molar-refractivity contribution in [2.24, 2.45) is 0 Å². The van der Waals surface area contributed by atoms with Gasteiger partial charge in [-0.2, -0.15) is 0 Å². The van der Waals surface area contributed by atoms with E-state index in [4.69, 9.17) is 0 Å². The fourth-order valence-corrected chi connectivity index (χ4v) is 3.49. The van der Waals surface area contributed by atoms with Gasteiger partial charge in [-0.3, -0.25) is 4.90 Å². The van der Waals surface area contributed by atoms with Crippen molar-refractivity contribution < 1.29 is 4.79 Å². The van der Waals surface area contributed by atoms with Crippen molar-refractivity contribution in [3.8, 4) is 0 Å². The molecule has 4 nitrogen and oxygen atoms in total. The summed E-state index contributed by atoms with van der Waals surface area (Å²) < 4.78 is 0. The molecule has 0 aliphatic carbocycles. The monoisotopic (exact) mass is 287 g/mol. The van der Waals surface area contributed by atoms with Crippen LogP contribution in [0.15, 0.2) is 18.2 Å². The summed E-state index contributed by atoms with van der Waals surface area (Å²) in [7, 11) is 0. The van der Waals surface area contributed by atoms with E-state index in [1.54, 1.807) is 0 Å². The number of piperazine rings is 1. The second kappa shape index (κ2) is 6.06. The van der Waals surface area contributed by atoms with Crippen molar-refractivity contribution >= 4 is 11.7 Å². The number of piperidine rings is 1. The number of carbonyl (C=O) groups excluding carboxylic acids is 1. The number of fused-ring (bicyclic) bond motifs is 1. The zero-order chi connectivity index (χ0) is 14.8. The number of hydrogen-bond acceptors (Lipinski definition) is 2. The number of hydrogen-bond donors (Lipinski definition) is 1. The highest BCUT2D eigenvalue weighted by Crippen LogP contribution is 2.22. The maximum atomic E-state index is 12.5. The van der Waals surface area contributed by atoms with Gasteiger partial charge in [0.25, 0.3) is 0 Å². The van der Waals surface area contributed by atoms with Crippen LogP contribution in [0.25, 0.3) is 0 Å². The molecule has 0 spiro atoms. The molecule has 0 radical (unpaired) electrons. The van der Waals surface area contributed by atoms with Gasteiger partial charge < -0.3 is 10.2 Å². The SMILES string of the molecule is Cc1ccc(NC(=O)N2CCN3CCCC[C@@H]3C2)c(C)c1. The third kappa shape index (κ3) is 3.21. The molecule has 2 saturated heterocycles. The molecular weight excluding hydrogens is 262 g/mol. The number of anilines is 1. The molecule has 0 aromatic heterocycles. The van der Waals surface area contributed by atoms with Crippen molar-refractivity contribution in [1.29, 1.82) is 0 Å². The summed E-state index contributed by atoms with van der Waals surface area (Å²) in [6.07, 6.45) is 3.84. The second-order valence-corrected chi connectivity index (χ2v) is 6.38. The van der Waals surface area contributed by atoms with Crippen LogP contribution in [0.4, 0.5) is 10.5 Å². The van der Waals surface area contributed by atoms with Gasteiger partial charge in [-0.25, -0.2) is 4.79 Å². The van der Waals surface area contributed by atoms with Crippen LogP contribution in [0.1, 0.15) is 30.4 Å². The molecule has 2 fully saturated rings. The van der Waals surface area contributed by atoms with Crippen LogP contribution in [0.3, 0.4) is 0 Å². The van der Waals surface area contributed by atoms with Crippen LogP contribution >= 0.6 is 0 Å². The van der Waals surface area contributed by atoms with E-state index in [9.17, 15) is 4.79 Å².